The minimum absolute atomic E-state index is 0.125. The molecule has 10 heteroatoms. The Morgan fingerprint density at radius 2 is 1.43 bits per heavy atom. The van der Waals surface area contributed by atoms with Crippen LogP contribution in [-0.2, 0) is 0 Å². The Hall–Kier alpha value is -4.99. The fourth-order valence-corrected chi connectivity index (χ4v) is 4.99. The lowest BCUT2D eigenvalue weighted by atomic mass is 10.1. The van der Waals surface area contributed by atoms with Gasteiger partial charge in [0.05, 0.1) is 11.4 Å². The molecule has 2 unspecified atom stereocenters. The highest BCUT2D eigenvalue weighted by Gasteiger charge is 2.18. The maximum Gasteiger partial charge on any atom is 0.185 e. The molecular formula is C32H36N10. The van der Waals surface area contributed by atoms with Crippen LogP contribution >= 0.6 is 0 Å². The van der Waals surface area contributed by atoms with Crippen LogP contribution in [0.5, 0.6) is 0 Å². The topological polar surface area (TPSA) is 113 Å². The van der Waals surface area contributed by atoms with Crippen LogP contribution in [0.3, 0.4) is 0 Å². The van der Waals surface area contributed by atoms with Crippen molar-refractivity contribution in [3.63, 3.8) is 0 Å². The Bertz CT molecular complexity index is 1900. The molecule has 0 saturated carbocycles. The minimum atomic E-state index is 0.125. The smallest absolute Gasteiger partial charge is 0.185 e. The number of rotatable bonds is 10. The molecule has 3 N–H and O–H groups in total. The van der Waals surface area contributed by atoms with Crippen molar-refractivity contribution in [2.45, 2.75) is 46.5 Å². The first-order chi connectivity index (χ1) is 20.4. The van der Waals surface area contributed by atoms with Crippen molar-refractivity contribution in [2.75, 3.05) is 23.7 Å². The van der Waals surface area contributed by atoms with Crippen molar-refractivity contribution < 1.29 is 0 Å². The Morgan fingerprint density at radius 1 is 0.810 bits per heavy atom. The highest BCUT2D eigenvalue weighted by Crippen LogP contribution is 2.21. The van der Waals surface area contributed by atoms with Crippen LogP contribution in [0.2, 0.25) is 0 Å². The number of hydrogen-bond acceptors (Lipinski definition) is 7. The van der Waals surface area contributed by atoms with Crippen molar-refractivity contribution in [1.29, 1.82) is 0 Å². The van der Waals surface area contributed by atoms with Gasteiger partial charge >= 0.3 is 0 Å². The number of aromatic nitrogens is 8. The normalized spacial score (nSPS) is 14.1. The number of aryl methyl sites for hydroxylation is 2. The van der Waals surface area contributed by atoms with Gasteiger partial charge in [0.15, 0.2) is 17.1 Å². The average molecular weight is 561 g/mol. The molecule has 214 valence electrons. The summed E-state index contributed by atoms with van der Waals surface area (Å²) in [4.78, 5) is 8.39. The third kappa shape index (κ3) is 5.60. The predicted molar refractivity (Wildman–Crippen MR) is 168 cm³/mol. The van der Waals surface area contributed by atoms with Crippen molar-refractivity contribution in [2.24, 2.45) is 0 Å². The molecule has 0 saturated heterocycles. The average Bonchev–Trinajstić information content (AvgIpc) is 3.74. The first kappa shape index (κ1) is 27.2. The summed E-state index contributed by atoms with van der Waals surface area (Å²) in [5.41, 5.74) is 7.70. The largest absolute Gasteiger partial charge is 0.384 e. The van der Waals surface area contributed by atoms with Crippen molar-refractivity contribution in [3.05, 3.63) is 100 Å². The highest BCUT2D eigenvalue weighted by atomic mass is 15.5. The van der Waals surface area contributed by atoms with Gasteiger partial charge in [0.2, 0.25) is 0 Å². The molecule has 0 aliphatic heterocycles. The Balaban J connectivity index is 1.23. The molecular weight excluding hydrogens is 524 g/mol. The van der Waals surface area contributed by atoms with E-state index in [0.717, 1.165) is 75.2 Å². The van der Waals surface area contributed by atoms with E-state index in [1.807, 2.05) is 50.2 Å². The number of allylic oxidation sites excluding steroid dienone is 1. The van der Waals surface area contributed by atoms with E-state index < -0.39 is 0 Å². The molecule has 2 atom stereocenters. The van der Waals surface area contributed by atoms with Gasteiger partial charge in [-0.3, -0.25) is 0 Å². The molecule has 4 heterocycles. The number of benzene rings is 2. The minimum Gasteiger partial charge on any atom is -0.384 e. The summed E-state index contributed by atoms with van der Waals surface area (Å²) in [5.74, 6) is 1.96. The van der Waals surface area contributed by atoms with Gasteiger partial charge in [-0.05, 0) is 62.8 Å². The second-order valence-corrected chi connectivity index (χ2v) is 11.0. The van der Waals surface area contributed by atoms with Crippen LogP contribution in [0.4, 0.5) is 11.4 Å². The van der Waals surface area contributed by atoms with E-state index in [4.69, 9.17) is 10.1 Å². The van der Waals surface area contributed by atoms with Gasteiger partial charge in [-0.1, -0.05) is 50.2 Å². The Kier molecular flexibility index (Phi) is 7.43. The molecule has 0 amide bonds. The van der Waals surface area contributed by atoms with E-state index in [2.05, 4.69) is 88.1 Å². The van der Waals surface area contributed by atoms with Gasteiger partial charge in [-0.2, -0.15) is 10.2 Å². The van der Waals surface area contributed by atoms with Crippen molar-refractivity contribution in [1.82, 2.24) is 39.6 Å². The molecule has 4 aromatic heterocycles. The molecule has 0 aliphatic rings. The molecule has 0 bridgehead atoms. The van der Waals surface area contributed by atoms with Gasteiger partial charge < -0.3 is 15.6 Å². The van der Waals surface area contributed by atoms with Crippen molar-refractivity contribution in [3.8, 4) is 0 Å². The maximum atomic E-state index is 4.88. The summed E-state index contributed by atoms with van der Waals surface area (Å²) in [6, 6.07) is 20.4. The fourth-order valence-electron chi connectivity index (χ4n) is 4.99. The molecule has 0 spiro atoms. The summed E-state index contributed by atoms with van der Waals surface area (Å²) in [6.45, 7) is 11.8. The van der Waals surface area contributed by atoms with Crippen LogP contribution < -0.4 is 15.9 Å². The number of fused-ring (bicyclic) bond motifs is 2. The van der Waals surface area contributed by atoms with Gasteiger partial charge in [0.1, 0.15) is 5.82 Å². The van der Waals surface area contributed by atoms with Gasteiger partial charge in [0.25, 0.3) is 0 Å². The van der Waals surface area contributed by atoms with Crippen LogP contribution in [0.15, 0.2) is 66.2 Å². The molecule has 42 heavy (non-hydrogen) atoms. The maximum absolute atomic E-state index is 4.88. The highest BCUT2D eigenvalue weighted by molar-refractivity contribution is 5.74. The molecule has 2 aromatic carbocycles. The number of aromatic amines is 1. The number of anilines is 2. The molecule has 6 aromatic rings. The van der Waals surface area contributed by atoms with E-state index in [9.17, 15) is 0 Å². The number of hydrogen-bond donors (Lipinski definition) is 3. The number of nitrogens with one attached hydrogen (secondary N) is 3. The SMILES string of the molecule is CC(/C=c1/c(C)nn2nc(C(C)CNc3ccccc3)nc12)=C\c1c(C)nn2nc(C(C)CNc3ccccc3)[nH]c12. The summed E-state index contributed by atoms with van der Waals surface area (Å²) in [5, 5.41) is 26.6. The van der Waals surface area contributed by atoms with E-state index in [1.165, 1.54) is 0 Å². The molecule has 6 rings (SSSR count). The summed E-state index contributed by atoms with van der Waals surface area (Å²) in [7, 11) is 0. The standard InChI is InChI=1S/C32H36N10/c1-20(16-27-23(4)37-41-31(27)35-29(39-41)21(2)18-33-25-12-8-6-9-13-25)17-28-24(5)38-42-32(28)36-30(40-42)22(3)19-34-26-14-10-7-11-15-26/h6-17,21-22,33-34H,18-19H2,1-5H3,(H,35,39)/b20-16+,28-17-. The third-order valence-electron chi connectivity index (χ3n) is 7.44. The van der Waals surface area contributed by atoms with Gasteiger partial charge in [0, 0.05) is 47.1 Å². The second kappa shape index (κ2) is 11.5. The zero-order chi connectivity index (χ0) is 29.2. The lowest BCUT2D eigenvalue weighted by Gasteiger charge is -2.10. The fraction of sp³-hybridized carbons (Fsp3) is 0.281. The molecule has 0 aliphatic carbocycles. The number of nitrogens with zero attached hydrogens (tertiary/aromatic N) is 7. The zero-order valence-electron chi connectivity index (χ0n) is 24.6. The summed E-state index contributed by atoms with van der Waals surface area (Å²) >= 11 is 0. The lowest BCUT2D eigenvalue weighted by Crippen LogP contribution is -2.12. The van der Waals surface area contributed by atoms with Gasteiger partial charge in [-0.25, -0.2) is 4.98 Å². The molecule has 0 radical (unpaired) electrons. The molecule has 10 nitrogen and oxygen atoms in total. The monoisotopic (exact) mass is 560 g/mol. The number of para-hydroxylation sites is 2. The Labute approximate surface area is 244 Å². The van der Waals surface area contributed by atoms with E-state index in [1.54, 1.807) is 9.26 Å². The Morgan fingerprint density at radius 3 is 2.10 bits per heavy atom. The second-order valence-electron chi connectivity index (χ2n) is 11.0. The zero-order valence-corrected chi connectivity index (χ0v) is 24.6. The van der Waals surface area contributed by atoms with Crippen LogP contribution in [0.25, 0.3) is 23.4 Å². The van der Waals surface area contributed by atoms with Crippen molar-refractivity contribution >= 4 is 34.8 Å². The van der Waals surface area contributed by atoms with Crippen LogP contribution in [0.1, 0.15) is 61.2 Å². The predicted octanol–water partition coefficient (Wildman–Crippen LogP) is 5.15. The summed E-state index contributed by atoms with van der Waals surface area (Å²) < 4.78 is 3.35. The third-order valence-corrected chi connectivity index (χ3v) is 7.44. The van der Waals surface area contributed by atoms with Crippen LogP contribution in [-0.4, -0.2) is 52.7 Å². The van der Waals surface area contributed by atoms with Crippen LogP contribution in [0, 0.1) is 13.8 Å². The summed E-state index contributed by atoms with van der Waals surface area (Å²) in [6.07, 6.45) is 4.26. The van der Waals surface area contributed by atoms with E-state index in [0.29, 0.717) is 0 Å². The van der Waals surface area contributed by atoms with E-state index >= 15 is 0 Å². The van der Waals surface area contributed by atoms with E-state index in [-0.39, 0.29) is 11.8 Å². The number of H-pyrrole nitrogens is 1. The lowest BCUT2D eigenvalue weighted by molar-refractivity contribution is 0.702. The molecule has 0 fully saturated rings. The van der Waals surface area contributed by atoms with Gasteiger partial charge in [-0.15, -0.1) is 19.5 Å². The first-order valence-corrected chi connectivity index (χ1v) is 14.3. The first-order valence-electron chi connectivity index (χ1n) is 14.3. The quantitative estimate of drug-likeness (QED) is 0.212.